The Morgan fingerprint density at radius 3 is 2.32 bits per heavy atom. The highest BCUT2D eigenvalue weighted by Crippen LogP contribution is 2.34. The van der Waals surface area contributed by atoms with Gasteiger partial charge < -0.3 is 9.80 Å². The van der Waals surface area contributed by atoms with Gasteiger partial charge in [0.1, 0.15) is 0 Å². The van der Waals surface area contributed by atoms with Gasteiger partial charge in [-0.2, -0.15) is 0 Å². The molecule has 0 unspecified atom stereocenters. The monoisotopic (exact) mass is 414 g/mol. The van der Waals surface area contributed by atoms with E-state index in [4.69, 9.17) is 0 Å². The van der Waals surface area contributed by atoms with Crippen molar-refractivity contribution in [2.24, 2.45) is 0 Å². The van der Waals surface area contributed by atoms with Gasteiger partial charge in [0.2, 0.25) is 0 Å². The van der Waals surface area contributed by atoms with Gasteiger partial charge in [-0.3, -0.25) is 13.8 Å². The highest BCUT2D eigenvalue weighted by Gasteiger charge is 2.19. The van der Waals surface area contributed by atoms with Crippen molar-refractivity contribution in [3.05, 3.63) is 75.4 Å². The molecular weight excluding hydrogens is 388 g/mol. The topological polar surface area (TPSA) is 50.0 Å². The highest BCUT2D eigenvalue weighted by molar-refractivity contribution is 6.23. The minimum absolute atomic E-state index is 0.212. The smallest absolute Gasteiger partial charge is 0.308 e. The maximum absolute atomic E-state index is 13.5. The molecule has 0 aliphatic heterocycles. The van der Waals surface area contributed by atoms with E-state index in [1.54, 1.807) is 4.40 Å². The standard InChI is InChI=1S/C25H26N4O2/c1-26(2)13-14-27(3)15-16-28-24(30)20-10-6-9-19-22-18-8-5-4-7-17(18)11-12-21(22)29(23(19)20)25(28)31/h4-12H,13-16H2,1-3H3. The van der Waals surface area contributed by atoms with Crippen molar-refractivity contribution in [2.45, 2.75) is 6.54 Å². The molecule has 0 amide bonds. The Morgan fingerprint density at radius 2 is 1.52 bits per heavy atom. The van der Waals surface area contributed by atoms with Crippen LogP contribution in [0.2, 0.25) is 0 Å². The Balaban J connectivity index is 1.73. The van der Waals surface area contributed by atoms with Crippen LogP contribution in [-0.2, 0) is 6.54 Å². The lowest BCUT2D eigenvalue weighted by Crippen LogP contribution is -2.40. The average molecular weight is 415 g/mol. The molecule has 0 aliphatic carbocycles. The predicted molar refractivity (Wildman–Crippen MR) is 128 cm³/mol. The minimum Gasteiger partial charge on any atom is -0.308 e. The summed E-state index contributed by atoms with van der Waals surface area (Å²) in [5.41, 5.74) is 1.10. The first-order valence-electron chi connectivity index (χ1n) is 10.6. The van der Waals surface area contributed by atoms with Gasteiger partial charge in [-0.25, -0.2) is 4.79 Å². The number of aromatic nitrogens is 2. The number of para-hydroxylation sites is 1. The molecule has 0 saturated carbocycles. The lowest BCUT2D eigenvalue weighted by molar-refractivity contribution is 0.271. The molecule has 6 heteroatoms. The summed E-state index contributed by atoms with van der Waals surface area (Å²) in [6.07, 6.45) is 0. The lowest BCUT2D eigenvalue weighted by atomic mass is 10.0. The van der Waals surface area contributed by atoms with E-state index in [0.717, 1.165) is 45.7 Å². The van der Waals surface area contributed by atoms with Crippen molar-refractivity contribution in [1.82, 2.24) is 18.8 Å². The summed E-state index contributed by atoms with van der Waals surface area (Å²) in [5, 5.41) is 4.79. The van der Waals surface area contributed by atoms with Crippen LogP contribution in [0, 0.1) is 0 Å². The van der Waals surface area contributed by atoms with Crippen molar-refractivity contribution >= 4 is 38.0 Å². The van der Waals surface area contributed by atoms with Gasteiger partial charge in [-0.1, -0.05) is 42.5 Å². The van der Waals surface area contributed by atoms with E-state index in [0.29, 0.717) is 18.5 Å². The number of benzene rings is 3. The quantitative estimate of drug-likeness (QED) is 0.429. The summed E-state index contributed by atoms with van der Waals surface area (Å²) < 4.78 is 3.12. The number of likely N-dealkylation sites (N-methyl/N-ethyl adjacent to an activating group) is 2. The van der Waals surface area contributed by atoms with Crippen LogP contribution in [-0.4, -0.2) is 59.5 Å². The first-order chi connectivity index (χ1) is 15.0. The predicted octanol–water partition coefficient (Wildman–Crippen LogP) is 2.85. The summed E-state index contributed by atoms with van der Waals surface area (Å²) in [4.78, 5) is 31.1. The maximum atomic E-state index is 13.5. The Hall–Kier alpha value is -3.22. The zero-order valence-corrected chi connectivity index (χ0v) is 18.1. The molecule has 5 aromatic rings. The van der Waals surface area contributed by atoms with E-state index in [1.165, 1.54) is 4.57 Å². The number of hydrogen-bond acceptors (Lipinski definition) is 4. The molecule has 0 radical (unpaired) electrons. The number of fused-ring (bicyclic) bond motifs is 5. The van der Waals surface area contributed by atoms with Crippen LogP contribution < -0.4 is 11.2 Å². The SMILES string of the molecule is CN(C)CCN(C)CCn1c(=O)c2cccc3c4c5ccccc5ccc4n(c1=O)c23. The van der Waals surface area contributed by atoms with Gasteiger partial charge in [0.25, 0.3) is 5.56 Å². The number of hydrogen-bond donors (Lipinski definition) is 0. The van der Waals surface area contributed by atoms with Crippen LogP contribution >= 0.6 is 0 Å². The summed E-state index contributed by atoms with van der Waals surface area (Å²) in [6.45, 7) is 2.81. The second-order valence-corrected chi connectivity index (χ2v) is 8.56. The average Bonchev–Trinajstić information content (AvgIpc) is 3.12. The van der Waals surface area contributed by atoms with Gasteiger partial charge >= 0.3 is 5.69 Å². The van der Waals surface area contributed by atoms with Crippen LogP contribution in [0.1, 0.15) is 0 Å². The van der Waals surface area contributed by atoms with Crippen molar-refractivity contribution < 1.29 is 0 Å². The van der Waals surface area contributed by atoms with E-state index in [-0.39, 0.29) is 11.2 Å². The first kappa shape index (κ1) is 19.7. The second-order valence-electron chi connectivity index (χ2n) is 8.56. The summed E-state index contributed by atoms with van der Waals surface area (Å²) in [7, 11) is 6.09. The molecule has 0 fully saturated rings. The van der Waals surface area contributed by atoms with E-state index < -0.39 is 0 Å². The Kier molecular flexibility index (Phi) is 4.76. The van der Waals surface area contributed by atoms with E-state index in [2.05, 4.69) is 21.9 Å². The molecular formula is C25H26N4O2. The van der Waals surface area contributed by atoms with Crippen molar-refractivity contribution in [3.63, 3.8) is 0 Å². The normalized spacial score (nSPS) is 12.4. The summed E-state index contributed by atoms with van der Waals surface area (Å²) in [6, 6.07) is 18.0. The van der Waals surface area contributed by atoms with Crippen LogP contribution in [0.5, 0.6) is 0 Å². The largest absolute Gasteiger partial charge is 0.336 e. The van der Waals surface area contributed by atoms with E-state index in [9.17, 15) is 9.59 Å². The van der Waals surface area contributed by atoms with Gasteiger partial charge in [-0.15, -0.1) is 0 Å². The zero-order valence-electron chi connectivity index (χ0n) is 18.1. The molecule has 0 spiro atoms. The lowest BCUT2D eigenvalue weighted by Gasteiger charge is -2.19. The van der Waals surface area contributed by atoms with Gasteiger partial charge in [-0.05, 0) is 44.0 Å². The van der Waals surface area contributed by atoms with Crippen LogP contribution in [0.15, 0.2) is 64.2 Å². The molecule has 0 N–H and O–H groups in total. The van der Waals surface area contributed by atoms with Crippen LogP contribution in [0.4, 0.5) is 0 Å². The molecule has 158 valence electrons. The third-order valence-electron chi connectivity index (χ3n) is 6.21. The van der Waals surface area contributed by atoms with Gasteiger partial charge in [0, 0.05) is 37.0 Å². The number of rotatable bonds is 6. The maximum Gasteiger partial charge on any atom is 0.336 e. The van der Waals surface area contributed by atoms with Crippen LogP contribution in [0.3, 0.4) is 0 Å². The molecule has 3 aromatic carbocycles. The van der Waals surface area contributed by atoms with E-state index in [1.807, 2.05) is 63.6 Å². The second kappa shape index (κ2) is 7.48. The Labute approximate surface area is 179 Å². The minimum atomic E-state index is -0.264. The molecule has 2 aromatic heterocycles. The fourth-order valence-electron chi connectivity index (χ4n) is 4.51. The third-order valence-corrected chi connectivity index (χ3v) is 6.21. The van der Waals surface area contributed by atoms with Gasteiger partial charge in [0.05, 0.1) is 16.4 Å². The fourth-order valence-corrected chi connectivity index (χ4v) is 4.51. The Morgan fingerprint density at radius 1 is 0.774 bits per heavy atom. The van der Waals surface area contributed by atoms with E-state index >= 15 is 0 Å². The first-order valence-corrected chi connectivity index (χ1v) is 10.6. The molecule has 0 aliphatic rings. The van der Waals surface area contributed by atoms with Crippen molar-refractivity contribution in [1.29, 1.82) is 0 Å². The molecule has 0 saturated heterocycles. The zero-order chi connectivity index (χ0) is 21.7. The molecule has 6 nitrogen and oxygen atoms in total. The molecule has 0 atom stereocenters. The van der Waals surface area contributed by atoms with Crippen LogP contribution in [0.25, 0.3) is 38.0 Å². The van der Waals surface area contributed by atoms with Crippen molar-refractivity contribution in [2.75, 3.05) is 40.8 Å². The van der Waals surface area contributed by atoms with Crippen molar-refractivity contribution in [3.8, 4) is 0 Å². The summed E-state index contributed by atoms with van der Waals surface area (Å²) >= 11 is 0. The number of nitrogens with zero attached hydrogens (tertiary/aromatic N) is 4. The summed E-state index contributed by atoms with van der Waals surface area (Å²) in [5.74, 6) is 0. The molecule has 31 heavy (non-hydrogen) atoms. The highest BCUT2D eigenvalue weighted by atomic mass is 16.2. The molecule has 0 bridgehead atoms. The van der Waals surface area contributed by atoms with Gasteiger partial charge in [0.15, 0.2) is 0 Å². The molecule has 2 heterocycles. The third kappa shape index (κ3) is 3.10. The Bertz CT molecular complexity index is 1530. The molecule has 5 rings (SSSR count). The fraction of sp³-hybridized carbons (Fsp3) is 0.280.